The van der Waals surface area contributed by atoms with Gasteiger partial charge in [-0.2, -0.15) is 0 Å². The van der Waals surface area contributed by atoms with Crippen molar-refractivity contribution in [3.05, 3.63) is 68.7 Å². The first kappa shape index (κ1) is 13.3. The van der Waals surface area contributed by atoms with Crippen molar-refractivity contribution in [2.75, 3.05) is 0 Å². The summed E-state index contributed by atoms with van der Waals surface area (Å²) in [7, 11) is 0. The van der Waals surface area contributed by atoms with E-state index in [0.29, 0.717) is 16.1 Å². The van der Waals surface area contributed by atoms with Gasteiger partial charge in [0.2, 0.25) is 0 Å². The van der Waals surface area contributed by atoms with Crippen molar-refractivity contribution in [2.45, 2.75) is 6.54 Å². The van der Waals surface area contributed by atoms with Gasteiger partial charge in [-0.05, 0) is 35.9 Å². The Kier molecular flexibility index (Phi) is 3.36. The Labute approximate surface area is 129 Å². The number of halogens is 2. The molecule has 3 nitrogen and oxygen atoms in total. The van der Waals surface area contributed by atoms with E-state index in [2.05, 4.69) is 15.9 Å². The predicted octanol–water partition coefficient (Wildman–Crippen LogP) is 3.90. The normalized spacial score (nSPS) is 13.8. The van der Waals surface area contributed by atoms with Crippen molar-refractivity contribution in [2.24, 2.45) is 0 Å². The van der Waals surface area contributed by atoms with E-state index in [9.17, 15) is 9.59 Å². The van der Waals surface area contributed by atoms with E-state index in [4.69, 9.17) is 11.6 Å². The van der Waals surface area contributed by atoms with E-state index in [1.165, 1.54) is 4.90 Å². The van der Waals surface area contributed by atoms with Crippen LogP contribution in [0.4, 0.5) is 0 Å². The van der Waals surface area contributed by atoms with Crippen molar-refractivity contribution >= 4 is 39.3 Å². The van der Waals surface area contributed by atoms with Gasteiger partial charge in [0.1, 0.15) is 0 Å². The van der Waals surface area contributed by atoms with E-state index >= 15 is 0 Å². The summed E-state index contributed by atoms with van der Waals surface area (Å²) in [5, 5.41) is 0.561. The lowest BCUT2D eigenvalue weighted by atomic mass is 10.1. The van der Waals surface area contributed by atoms with Gasteiger partial charge in [-0.25, -0.2) is 0 Å². The Morgan fingerprint density at radius 2 is 1.60 bits per heavy atom. The number of hydrogen-bond donors (Lipinski definition) is 0. The third kappa shape index (κ3) is 2.25. The molecule has 5 heteroatoms. The molecule has 2 aromatic carbocycles. The highest BCUT2D eigenvalue weighted by molar-refractivity contribution is 9.10. The number of carbonyl (C=O) groups excluding carboxylic acids is 2. The van der Waals surface area contributed by atoms with Crippen LogP contribution in [0.2, 0.25) is 5.02 Å². The lowest BCUT2D eigenvalue weighted by molar-refractivity contribution is 0.0642. The smallest absolute Gasteiger partial charge is 0.261 e. The predicted molar refractivity (Wildman–Crippen MR) is 79.8 cm³/mol. The molecule has 100 valence electrons. The lowest BCUT2D eigenvalue weighted by Crippen LogP contribution is -2.29. The van der Waals surface area contributed by atoms with Crippen molar-refractivity contribution in [1.82, 2.24) is 4.90 Å². The standard InChI is InChI=1S/C15H9BrClNO2/c16-10-5-9(6-11(17)7-10)8-18-14(19)12-3-1-2-4-13(12)15(18)20/h1-7H,8H2. The van der Waals surface area contributed by atoms with Gasteiger partial charge >= 0.3 is 0 Å². The molecule has 0 spiro atoms. The van der Waals surface area contributed by atoms with Crippen LogP contribution in [0, 0.1) is 0 Å². The number of carbonyl (C=O) groups is 2. The molecule has 1 aliphatic rings. The second-order valence-corrected chi connectivity index (χ2v) is 5.87. The van der Waals surface area contributed by atoms with Crippen molar-refractivity contribution in [3.63, 3.8) is 0 Å². The number of benzene rings is 2. The van der Waals surface area contributed by atoms with E-state index in [0.717, 1.165) is 10.0 Å². The molecule has 0 aliphatic carbocycles. The van der Waals surface area contributed by atoms with Gasteiger partial charge in [0.15, 0.2) is 0 Å². The zero-order valence-electron chi connectivity index (χ0n) is 10.3. The first-order valence-corrected chi connectivity index (χ1v) is 7.13. The van der Waals surface area contributed by atoms with E-state index in [1.807, 2.05) is 6.07 Å². The third-order valence-electron chi connectivity index (χ3n) is 3.14. The fourth-order valence-electron chi connectivity index (χ4n) is 2.27. The van der Waals surface area contributed by atoms with Crippen molar-refractivity contribution in [3.8, 4) is 0 Å². The fraction of sp³-hybridized carbons (Fsp3) is 0.0667. The van der Waals surface area contributed by atoms with Gasteiger partial charge in [0.25, 0.3) is 11.8 Å². The quantitative estimate of drug-likeness (QED) is 0.770. The molecule has 0 fully saturated rings. The minimum Gasteiger partial charge on any atom is -0.270 e. The minimum absolute atomic E-state index is 0.214. The fourth-order valence-corrected chi connectivity index (χ4v) is 3.20. The molecular formula is C15H9BrClNO2. The highest BCUT2D eigenvalue weighted by Crippen LogP contribution is 2.26. The Morgan fingerprint density at radius 3 is 2.15 bits per heavy atom. The molecule has 0 unspecified atom stereocenters. The van der Waals surface area contributed by atoms with Crippen LogP contribution >= 0.6 is 27.5 Å². The first-order valence-electron chi connectivity index (χ1n) is 5.96. The van der Waals surface area contributed by atoms with Crippen LogP contribution in [0.1, 0.15) is 26.3 Å². The van der Waals surface area contributed by atoms with E-state index in [-0.39, 0.29) is 18.4 Å². The second-order valence-electron chi connectivity index (χ2n) is 4.52. The minimum atomic E-state index is -0.262. The molecule has 0 atom stereocenters. The van der Waals surface area contributed by atoms with Crippen LogP contribution in [0.25, 0.3) is 0 Å². The maximum absolute atomic E-state index is 12.2. The van der Waals surface area contributed by atoms with Crippen molar-refractivity contribution in [1.29, 1.82) is 0 Å². The summed E-state index contributed by atoms with van der Waals surface area (Å²) in [6.07, 6.45) is 0. The number of hydrogen-bond acceptors (Lipinski definition) is 2. The molecule has 0 saturated heterocycles. The second kappa shape index (κ2) is 5.04. The average Bonchev–Trinajstić information content (AvgIpc) is 2.64. The van der Waals surface area contributed by atoms with Gasteiger partial charge in [-0.3, -0.25) is 14.5 Å². The van der Waals surface area contributed by atoms with Gasteiger partial charge < -0.3 is 0 Å². The number of rotatable bonds is 2. The summed E-state index contributed by atoms with van der Waals surface area (Å²) >= 11 is 9.33. The lowest BCUT2D eigenvalue weighted by Gasteiger charge is -2.14. The summed E-state index contributed by atoms with van der Waals surface area (Å²) in [6.45, 7) is 0.214. The monoisotopic (exact) mass is 349 g/mol. The topological polar surface area (TPSA) is 37.4 Å². The van der Waals surface area contributed by atoms with Crippen LogP contribution in [-0.4, -0.2) is 16.7 Å². The number of amides is 2. The summed E-state index contributed by atoms with van der Waals surface area (Å²) in [4.78, 5) is 25.7. The van der Waals surface area contributed by atoms with E-state index in [1.54, 1.807) is 36.4 Å². The summed E-state index contributed by atoms with van der Waals surface area (Å²) in [6, 6.07) is 12.2. The number of nitrogens with zero attached hydrogens (tertiary/aromatic N) is 1. The molecule has 0 bridgehead atoms. The molecule has 1 aliphatic heterocycles. The van der Waals surface area contributed by atoms with Crippen molar-refractivity contribution < 1.29 is 9.59 Å². The average molecular weight is 351 g/mol. The molecule has 0 radical (unpaired) electrons. The molecule has 0 saturated carbocycles. The summed E-state index contributed by atoms with van der Waals surface area (Å²) < 4.78 is 0.816. The van der Waals surface area contributed by atoms with E-state index < -0.39 is 0 Å². The molecule has 2 aromatic rings. The van der Waals surface area contributed by atoms with Gasteiger partial charge in [0, 0.05) is 9.50 Å². The molecule has 1 heterocycles. The Morgan fingerprint density at radius 1 is 1.00 bits per heavy atom. The Balaban J connectivity index is 1.93. The van der Waals surface area contributed by atoms with Crippen LogP contribution in [-0.2, 0) is 6.54 Å². The number of imide groups is 1. The number of fused-ring (bicyclic) bond motifs is 1. The highest BCUT2D eigenvalue weighted by atomic mass is 79.9. The molecule has 0 aromatic heterocycles. The SMILES string of the molecule is O=C1c2ccccc2C(=O)N1Cc1cc(Cl)cc(Br)c1. The maximum atomic E-state index is 12.2. The van der Waals surface area contributed by atoms with Crippen LogP contribution in [0.5, 0.6) is 0 Å². The molecule has 0 N–H and O–H groups in total. The molecule has 20 heavy (non-hydrogen) atoms. The zero-order chi connectivity index (χ0) is 14.3. The first-order chi connectivity index (χ1) is 9.56. The van der Waals surface area contributed by atoms with Gasteiger partial charge in [0.05, 0.1) is 17.7 Å². The van der Waals surface area contributed by atoms with Crippen LogP contribution in [0.3, 0.4) is 0 Å². The Hall–Kier alpha value is -1.65. The van der Waals surface area contributed by atoms with Gasteiger partial charge in [-0.15, -0.1) is 0 Å². The zero-order valence-corrected chi connectivity index (χ0v) is 12.6. The van der Waals surface area contributed by atoms with Crippen LogP contribution in [0.15, 0.2) is 46.9 Å². The largest absolute Gasteiger partial charge is 0.270 e. The highest BCUT2D eigenvalue weighted by Gasteiger charge is 2.34. The summed E-state index contributed by atoms with van der Waals surface area (Å²) in [5.41, 5.74) is 1.72. The molecule has 2 amide bonds. The third-order valence-corrected chi connectivity index (χ3v) is 3.82. The van der Waals surface area contributed by atoms with Crippen LogP contribution < -0.4 is 0 Å². The van der Waals surface area contributed by atoms with Gasteiger partial charge in [-0.1, -0.05) is 39.7 Å². The maximum Gasteiger partial charge on any atom is 0.261 e. The summed E-state index contributed by atoms with van der Waals surface area (Å²) in [5.74, 6) is -0.525. The Bertz CT molecular complexity index is 674. The molecule has 3 rings (SSSR count). The molecular weight excluding hydrogens is 342 g/mol.